The first kappa shape index (κ1) is 34.1. The molecule has 0 aromatic heterocycles. The summed E-state index contributed by atoms with van der Waals surface area (Å²) in [4.78, 5) is 22.2. The van der Waals surface area contributed by atoms with Gasteiger partial charge in [-0.2, -0.15) is 0 Å². The van der Waals surface area contributed by atoms with Crippen molar-refractivity contribution in [3.05, 3.63) is 136 Å². The van der Waals surface area contributed by atoms with Crippen LogP contribution in [0.5, 0.6) is 5.75 Å². The molecule has 1 aliphatic heterocycles. The lowest BCUT2D eigenvalue weighted by atomic mass is 9.84. The number of hydrazine groups is 1. The quantitative estimate of drug-likeness (QED) is 0.0493. The van der Waals surface area contributed by atoms with Gasteiger partial charge in [-0.15, -0.1) is 0 Å². The molecule has 1 amide bonds. The Labute approximate surface area is 276 Å². The molecule has 0 radical (unpaired) electrons. The lowest BCUT2D eigenvalue weighted by Gasteiger charge is -2.31. The molecule has 4 aromatic rings. The number of carbonyl (C=O) groups is 1. The molecular weight excluding hydrogens is 639 g/mol. The molecular formula is C34H33FN6O6S. The van der Waals surface area contributed by atoms with Crippen LogP contribution in [0.15, 0.2) is 118 Å². The van der Waals surface area contributed by atoms with Gasteiger partial charge in [0.1, 0.15) is 11.6 Å². The maximum atomic E-state index is 14.3. The normalized spacial score (nSPS) is 17.1. The van der Waals surface area contributed by atoms with Gasteiger partial charge in [0.05, 0.1) is 17.3 Å². The number of aliphatic imine (C=N–C) groups is 1. The van der Waals surface area contributed by atoms with E-state index in [1.54, 1.807) is 78.9 Å². The summed E-state index contributed by atoms with van der Waals surface area (Å²) in [7, 11) is -3.89. The van der Waals surface area contributed by atoms with Crippen molar-refractivity contribution < 1.29 is 32.2 Å². The first-order valence-electron chi connectivity index (χ1n) is 15.1. The first-order chi connectivity index (χ1) is 23.3. The van der Waals surface area contributed by atoms with Crippen LogP contribution < -0.4 is 15.6 Å². The van der Waals surface area contributed by atoms with Crippen LogP contribution in [-0.4, -0.2) is 49.8 Å². The second-order valence-corrected chi connectivity index (χ2v) is 13.0. The molecule has 0 saturated heterocycles. The number of sulfone groups is 1. The highest BCUT2D eigenvalue weighted by molar-refractivity contribution is 7.91. The van der Waals surface area contributed by atoms with Crippen molar-refractivity contribution in [3.63, 3.8) is 0 Å². The lowest BCUT2D eigenvalue weighted by Crippen LogP contribution is -2.53. The van der Waals surface area contributed by atoms with Crippen molar-refractivity contribution in [2.45, 2.75) is 35.9 Å². The van der Waals surface area contributed by atoms with E-state index in [-0.39, 0.29) is 36.1 Å². The fourth-order valence-electron chi connectivity index (χ4n) is 5.17. The van der Waals surface area contributed by atoms with Crippen LogP contribution in [0, 0.1) is 5.82 Å². The molecule has 48 heavy (non-hydrogen) atoms. The average Bonchev–Trinajstić information content (AvgIpc) is 3.50. The SMILES string of the molecule is [N-]=[N+]=Nc1ccccc1[C@@H]1OC(c2ccc(OCCCO)cc2)=N[C@]1(CCS(=O)(=O)c1ccccc1)C(=O)NNCc1ccc(F)cc1. The highest BCUT2D eigenvalue weighted by Gasteiger charge is 2.54. The molecule has 0 spiro atoms. The summed E-state index contributed by atoms with van der Waals surface area (Å²) in [6.07, 6.45) is -1.06. The lowest BCUT2D eigenvalue weighted by molar-refractivity contribution is -0.130. The molecule has 0 saturated carbocycles. The van der Waals surface area contributed by atoms with Gasteiger partial charge in [0, 0.05) is 47.7 Å². The van der Waals surface area contributed by atoms with Crippen LogP contribution >= 0.6 is 0 Å². The number of halogens is 1. The van der Waals surface area contributed by atoms with Crippen LogP contribution in [0.3, 0.4) is 0 Å². The van der Waals surface area contributed by atoms with Crippen LogP contribution in [0.4, 0.5) is 10.1 Å². The first-order valence-corrected chi connectivity index (χ1v) is 16.7. The zero-order chi connectivity index (χ0) is 34.0. The molecule has 5 rings (SSSR count). The Bertz CT molecular complexity index is 1900. The zero-order valence-corrected chi connectivity index (χ0v) is 26.5. The van der Waals surface area contributed by atoms with Crippen LogP contribution in [0.1, 0.15) is 35.6 Å². The van der Waals surface area contributed by atoms with Crippen molar-refractivity contribution in [1.29, 1.82) is 0 Å². The standard InChI is InChI=1S/C34H33FN6O6S/c35-26-15-11-24(12-16-26)23-37-40-33(43)34(19-22-48(44,45)28-7-2-1-3-8-28)31(29-9-4-5-10-30(29)39-41-36)47-32(38-34)25-13-17-27(18-14-25)46-21-6-20-42/h1-5,7-18,31,37,42H,6,19-23H2,(H,40,43)/t31-,34-/m0/s1. The molecule has 1 heterocycles. The van der Waals surface area contributed by atoms with Gasteiger partial charge in [0.25, 0.3) is 5.91 Å². The van der Waals surface area contributed by atoms with Crippen LogP contribution in [0.25, 0.3) is 10.4 Å². The highest BCUT2D eigenvalue weighted by atomic mass is 32.2. The van der Waals surface area contributed by atoms with Gasteiger partial charge in [0.2, 0.25) is 5.90 Å². The predicted octanol–water partition coefficient (Wildman–Crippen LogP) is 5.47. The number of aliphatic hydroxyl groups is 1. The number of aliphatic hydroxyl groups excluding tert-OH is 1. The maximum absolute atomic E-state index is 14.3. The maximum Gasteiger partial charge on any atom is 0.266 e. The monoisotopic (exact) mass is 672 g/mol. The summed E-state index contributed by atoms with van der Waals surface area (Å²) in [5.41, 5.74) is 14.6. The molecule has 0 unspecified atom stereocenters. The van der Waals surface area contributed by atoms with Gasteiger partial charge in [-0.1, -0.05) is 59.7 Å². The molecule has 12 nitrogen and oxygen atoms in total. The largest absolute Gasteiger partial charge is 0.494 e. The van der Waals surface area contributed by atoms with Gasteiger partial charge in [-0.3, -0.25) is 10.2 Å². The van der Waals surface area contributed by atoms with Gasteiger partial charge < -0.3 is 14.6 Å². The number of azide groups is 1. The molecule has 0 bridgehead atoms. The summed E-state index contributed by atoms with van der Waals surface area (Å²) >= 11 is 0. The predicted molar refractivity (Wildman–Crippen MR) is 176 cm³/mol. The van der Waals surface area contributed by atoms with E-state index in [0.29, 0.717) is 35.5 Å². The number of rotatable bonds is 15. The Morgan fingerprint density at radius 2 is 1.73 bits per heavy atom. The van der Waals surface area contributed by atoms with E-state index in [2.05, 4.69) is 20.9 Å². The molecule has 14 heteroatoms. The number of hydrogen-bond acceptors (Lipinski definition) is 9. The molecule has 0 fully saturated rings. The Hall–Kier alpha value is -5.27. The van der Waals surface area contributed by atoms with Crippen molar-refractivity contribution >= 4 is 27.3 Å². The summed E-state index contributed by atoms with van der Waals surface area (Å²) in [5.74, 6) is -0.979. The van der Waals surface area contributed by atoms with Crippen LogP contribution in [-0.2, 0) is 25.9 Å². The van der Waals surface area contributed by atoms with E-state index in [4.69, 9.17) is 19.6 Å². The summed E-state index contributed by atoms with van der Waals surface area (Å²) in [5, 5.41) is 12.9. The zero-order valence-electron chi connectivity index (χ0n) is 25.7. The molecule has 4 aromatic carbocycles. The molecule has 248 valence electrons. The van der Waals surface area contributed by atoms with Crippen molar-refractivity contribution in [1.82, 2.24) is 10.9 Å². The topological polar surface area (TPSA) is 175 Å². The minimum Gasteiger partial charge on any atom is -0.494 e. The smallest absolute Gasteiger partial charge is 0.266 e. The second kappa shape index (κ2) is 15.5. The number of ether oxygens (including phenoxy) is 2. The third-order valence-electron chi connectivity index (χ3n) is 7.66. The summed E-state index contributed by atoms with van der Waals surface area (Å²) in [6, 6.07) is 26.9. The molecule has 0 aliphatic carbocycles. The van der Waals surface area contributed by atoms with Crippen molar-refractivity contribution in [3.8, 4) is 5.75 Å². The number of amides is 1. The number of nitrogens with one attached hydrogen (secondary N) is 2. The minimum absolute atomic E-state index is 0.00959. The van der Waals surface area contributed by atoms with E-state index in [0.717, 1.165) is 0 Å². The van der Waals surface area contributed by atoms with Crippen molar-refractivity contribution in [2.24, 2.45) is 10.1 Å². The van der Waals surface area contributed by atoms with E-state index < -0.39 is 39.0 Å². The molecule has 3 N–H and O–H groups in total. The highest BCUT2D eigenvalue weighted by Crippen LogP contribution is 2.45. The third-order valence-corrected chi connectivity index (χ3v) is 9.40. The Kier molecular flexibility index (Phi) is 11.0. The molecule has 1 aliphatic rings. The number of hydrogen-bond donors (Lipinski definition) is 3. The van der Waals surface area contributed by atoms with E-state index in [1.165, 1.54) is 24.3 Å². The fraction of sp³-hybridized carbons (Fsp3) is 0.235. The summed E-state index contributed by atoms with van der Waals surface area (Å²) in [6.45, 7) is 0.430. The van der Waals surface area contributed by atoms with E-state index in [9.17, 15) is 23.1 Å². The van der Waals surface area contributed by atoms with Crippen LogP contribution in [0.2, 0.25) is 0 Å². The fourth-order valence-corrected chi connectivity index (χ4v) is 6.56. The molecule has 2 atom stereocenters. The Morgan fingerprint density at radius 1 is 1.02 bits per heavy atom. The minimum atomic E-state index is -3.89. The van der Waals surface area contributed by atoms with E-state index in [1.807, 2.05) is 0 Å². The van der Waals surface area contributed by atoms with Gasteiger partial charge in [0.15, 0.2) is 21.5 Å². The average molecular weight is 673 g/mol. The van der Waals surface area contributed by atoms with E-state index >= 15 is 0 Å². The van der Waals surface area contributed by atoms with Crippen molar-refractivity contribution in [2.75, 3.05) is 19.0 Å². The third kappa shape index (κ3) is 7.99. The van der Waals surface area contributed by atoms with Gasteiger partial charge in [-0.05, 0) is 59.6 Å². The number of nitrogens with zero attached hydrogens (tertiary/aromatic N) is 4. The Morgan fingerprint density at radius 3 is 2.44 bits per heavy atom. The number of carbonyl (C=O) groups excluding carboxylic acids is 1. The van der Waals surface area contributed by atoms with Gasteiger partial charge in [-0.25, -0.2) is 23.2 Å². The number of benzene rings is 4. The Balaban J connectivity index is 1.56. The van der Waals surface area contributed by atoms with Gasteiger partial charge >= 0.3 is 0 Å². The summed E-state index contributed by atoms with van der Waals surface area (Å²) < 4.78 is 52.5. The second-order valence-electron chi connectivity index (χ2n) is 10.9.